The second-order valence-electron chi connectivity index (χ2n) is 6.24. The predicted octanol–water partition coefficient (Wildman–Crippen LogP) is 3.29. The summed E-state index contributed by atoms with van der Waals surface area (Å²) >= 11 is 0. The van der Waals surface area contributed by atoms with Crippen LogP contribution in [0.15, 0.2) is 53.2 Å². The fourth-order valence-corrected chi connectivity index (χ4v) is 2.26. The van der Waals surface area contributed by atoms with Crippen LogP contribution in [-0.4, -0.2) is 24.0 Å². The monoisotopic (exact) mass is 370 g/mol. The Morgan fingerprint density at radius 3 is 2.67 bits per heavy atom. The van der Waals surface area contributed by atoms with Gasteiger partial charge in [0, 0.05) is 11.6 Å². The summed E-state index contributed by atoms with van der Waals surface area (Å²) in [4.78, 5) is 24.2. The topological polar surface area (TPSA) is 80.6 Å². The van der Waals surface area contributed by atoms with E-state index in [1.54, 1.807) is 31.4 Å². The third-order valence-corrected chi connectivity index (χ3v) is 4.01. The van der Waals surface area contributed by atoms with Crippen LogP contribution in [0.1, 0.15) is 38.5 Å². The van der Waals surface area contributed by atoms with Gasteiger partial charge in [-0.3, -0.25) is 9.59 Å². The van der Waals surface area contributed by atoms with Crippen molar-refractivity contribution in [2.24, 2.45) is 0 Å². The molecule has 2 N–H and O–H groups in total. The van der Waals surface area contributed by atoms with Crippen molar-refractivity contribution < 1.29 is 18.7 Å². The highest BCUT2D eigenvalue weighted by Crippen LogP contribution is 2.21. The largest absolute Gasteiger partial charge is 0.490 e. The van der Waals surface area contributed by atoms with E-state index < -0.39 is 6.04 Å². The van der Waals surface area contributed by atoms with Gasteiger partial charge in [-0.25, -0.2) is 0 Å². The van der Waals surface area contributed by atoms with Crippen molar-refractivity contribution >= 4 is 17.9 Å². The van der Waals surface area contributed by atoms with Gasteiger partial charge in [-0.15, -0.1) is 0 Å². The molecule has 0 spiro atoms. The van der Waals surface area contributed by atoms with E-state index in [2.05, 4.69) is 17.6 Å². The molecule has 144 valence electrons. The van der Waals surface area contributed by atoms with E-state index in [0.29, 0.717) is 5.76 Å². The van der Waals surface area contributed by atoms with Gasteiger partial charge >= 0.3 is 0 Å². The molecule has 1 aromatic carbocycles. The molecule has 0 aliphatic heterocycles. The van der Waals surface area contributed by atoms with Crippen LogP contribution in [0.3, 0.4) is 0 Å². The van der Waals surface area contributed by atoms with E-state index >= 15 is 0 Å². The first-order valence-corrected chi connectivity index (χ1v) is 9.04. The van der Waals surface area contributed by atoms with Crippen molar-refractivity contribution in [3.8, 4) is 5.75 Å². The number of carbonyl (C=O) groups excluding carboxylic acids is 2. The molecule has 2 unspecified atom stereocenters. The fourth-order valence-electron chi connectivity index (χ4n) is 2.26. The number of nitrogens with one attached hydrogen (secondary N) is 2. The molecule has 6 heteroatoms. The van der Waals surface area contributed by atoms with Gasteiger partial charge in [0.25, 0.3) is 0 Å². The molecule has 6 nitrogen and oxygen atoms in total. The molecule has 1 heterocycles. The number of hydrogen-bond donors (Lipinski definition) is 2. The number of benzene rings is 1. The lowest BCUT2D eigenvalue weighted by atomic mass is 10.1. The molecule has 0 bridgehead atoms. The predicted molar refractivity (Wildman–Crippen MR) is 104 cm³/mol. The van der Waals surface area contributed by atoms with E-state index in [9.17, 15) is 9.59 Å². The van der Waals surface area contributed by atoms with Crippen LogP contribution >= 0.6 is 0 Å². The molecule has 0 saturated carbocycles. The smallest absolute Gasteiger partial charge is 0.244 e. The SMILES string of the molecule is CCC(C)Oc1ccccc1C=CC(=O)NC(C)C(=O)NCc1ccco1. The molecule has 1 aromatic heterocycles. The quantitative estimate of drug-likeness (QED) is 0.664. The molecule has 2 atom stereocenters. The minimum atomic E-state index is -0.663. The van der Waals surface area contributed by atoms with E-state index in [-0.39, 0.29) is 24.5 Å². The first-order chi connectivity index (χ1) is 13.0. The minimum Gasteiger partial charge on any atom is -0.490 e. The Kier molecular flexibility index (Phi) is 7.67. The summed E-state index contributed by atoms with van der Waals surface area (Å²) in [5.74, 6) is 0.738. The van der Waals surface area contributed by atoms with Crippen molar-refractivity contribution in [3.05, 3.63) is 60.1 Å². The van der Waals surface area contributed by atoms with E-state index in [4.69, 9.17) is 9.15 Å². The summed E-state index contributed by atoms with van der Waals surface area (Å²) in [7, 11) is 0. The first-order valence-electron chi connectivity index (χ1n) is 9.04. The van der Waals surface area contributed by atoms with Gasteiger partial charge in [0.2, 0.25) is 11.8 Å². The normalized spacial score (nSPS) is 13.1. The van der Waals surface area contributed by atoms with Crippen molar-refractivity contribution in [2.45, 2.75) is 45.9 Å². The van der Waals surface area contributed by atoms with Gasteiger partial charge in [-0.05, 0) is 44.5 Å². The van der Waals surface area contributed by atoms with E-state index in [0.717, 1.165) is 17.7 Å². The zero-order valence-electron chi connectivity index (χ0n) is 15.9. The van der Waals surface area contributed by atoms with Crippen LogP contribution in [0, 0.1) is 0 Å². The number of para-hydroxylation sites is 1. The first kappa shape index (κ1) is 20.3. The lowest BCUT2D eigenvalue weighted by Gasteiger charge is -2.14. The third kappa shape index (κ3) is 6.66. The number of carbonyl (C=O) groups is 2. The number of ether oxygens (including phenoxy) is 1. The van der Waals surface area contributed by atoms with Gasteiger partial charge in [-0.2, -0.15) is 0 Å². The summed E-state index contributed by atoms with van der Waals surface area (Å²) in [6.07, 6.45) is 5.60. The molecule has 0 radical (unpaired) electrons. The van der Waals surface area contributed by atoms with Crippen LogP contribution < -0.4 is 15.4 Å². The summed E-state index contributed by atoms with van der Waals surface area (Å²) < 4.78 is 11.0. The number of rotatable bonds is 9. The van der Waals surface area contributed by atoms with Crippen molar-refractivity contribution in [1.82, 2.24) is 10.6 Å². The maximum atomic E-state index is 12.1. The molecule has 0 saturated heterocycles. The maximum Gasteiger partial charge on any atom is 0.244 e. The molecule has 0 aliphatic carbocycles. The summed E-state index contributed by atoms with van der Waals surface area (Å²) in [5, 5.41) is 5.35. The van der Waals surface area contributed by atoms with Gasteiger partial charge in [0.15, 0.2) is 0 Å². The number of hydrogen-bond acceptors (Lipinski definition) is 4. The fraction of sp³-hybridized carbons (Fsp3) is 0.333. The third-order valence-electron chi connectivity index (χ3n) is 4.01. The maximum absolute atomic E-state index is 12.1. The molecule has 2 aromatic rings. The lowest BCUT2D eigenvalue weighted by Crippen LogP contribution is -2.44. The van der Waals surface area contributed by atoms with Crippen molar-refractivity contribution in [3.63, 3.8) is 0 Å². The Balaban J connectivity index is 1.88. The number of furan rings is 1. The van der Waals surface area contributed by atoms with Gasteiger partial charge in [0.05, 0.1) is 18.9 Å². The highest BCUT2D eigenvalue weighted by molar-refractivity contribution is 5.95. The van der Waals surface area contributed by atoms with Crippen LogP contribution in [0.5, 0.6) is 5.75 Å². The zero-order chi connectivity index (χ0) is 19.6. The van der Waals surface area contributed by atoms with Gasteiger partial charge in [-0.1, -0.05) is 25.1 Å². The molecule has 2 amide bonds. The van der Waals surface area contributed by atoms with Gasteiger partial charge < -0.3 is 19.8 Å². The Hall–Kier alpha value is -3.02. The molecule has 27 heavy (non-hydrogen) atoms. The standard InChI is InChI=1S/C21H26N2O4/c1-4-15(2)27-19-10-6-5-8-17(19)11-12-20(24)23-16(3)21(25)22-14-18-9-7-13-26-18/h5-13,15-16H,4,14H2,1-3H3,(H,22,25)(H,23,24). The molecule has 0 fully saturated rings. The van der Waals surface area contributed by atoms with E-state index in [1.807, 2.05) is 31.2 Å². The second-order valence-corrected chi connectivity index (χ2v) is 6.24. The molecule has 2 rings (SSSR count). The minimum absolute atomic E-state index is 0.0891. The van der Waals surface area contributed by atoms with Crippen LogP contribution in [0.4, 0.5) is 0 Å². The van der Waals surface area contributed by atoms with Crippen molar-refractivity contribution in [1.29, 1.82) is 0 Å². The Morgan fingerprint density at radius 1 is 1.19 bits per heavy atom. The average Bonchev–Trinajstić information content (AvgIpc) is 3.18. The highest BCUT2D eigenvalue weighted by atomic mass is 16.5. The highest BCUT2D eigenvalue weighted by Gasteiger charge is 2.14. The summed E-state index contributed by atoms with van der Waals surface area (Å²) in [6, 6.07) is 10.4. The Morgan fingerprint density at radius 2 is 1.96 bits per heavy atom. The molecular formula is C21H26N2O4. The summed E-state index contributed by atoms with van der Waals surface area (Å²) in [5.41, 5.74) is 0.808. The van der Waals surface area contributed by atoms with Crippen molar-refractivity contribution in [2.75, 3.05) is 0 Å². The van der Waals surface area contributed by atoms with Crippen LogP contribution in [-0.2, 0) is 16.1 Å². The molecular weight excluding hydrogens is 344 g/mol. The van der Waals surface area contributed by atoms with E-state index in [1.165, 1.54) is 6.08 Å². The zero-order valence-corrected chi connectivity index (χ0v) is 15.9. The number of amides is 2. The second kappa shape index (κ2) is 10.2. The molecule has 0 aliphatic rings. The Bertz CT molecular complexity index is 768. The van der Waals surface area contributed by atoms with Gasteiger partial charge in [0.1, 0.15) is 17.6 Å². The Labute approximate surface area is 159 Å². The average molecular weight is 370 g/mol. The lowest BCUT2D eigenvalue weighted by molar-refractivity contribution is -0.126. The van der Waals surface area contributed by atoms with Crippen LogP contribution in [0.2, 0.25) is 0 Å². The summed E-state index contributed by atoms with van der Waals surface area (Å²) in [6.45, 7) is 5.95. The van der Waals surface area contributed by atoms with Crippen LogP contribution in [0.25, 0.3) is 6.08 Å².